The van der Waals surface area contributed by atoms with E-state index >= 15 is 0 Å². The van der Waals surface area contributed by atoms with Crippen LogP contribution in [0, 0.1) is 0 Å². The number of hydrogen-bond acceptors (Lipinski definition) is 2. The predicted molar refractivity (Wildman–Crippen MR) is 40.0 cm³/mol. The van der Waals surface area contributed by atoms with E-state index in [-0.39, 0.29) is 0 Å². The van der Waals surface area contributed by atoms with Crippen LogP contribution in [0.4, 0.5) is 0 Å². The molecular formula is C7H13NO. The summed E-state index contributed by atoms with van der Waals surface area (Å²) < 4.78 is 5.08. The van der Waals surface area contributed by atoms with Crippen molar-refractivity contribution in [2.24, 2.45) is 4.99 Å². The van der Waals surface area contributed by atoms with Gasteiger partial charge < -0.3 is 4.74 Å². The van der Waals surface area contributed by atoms with Crippen LogP contribution in [-0.2, 0) is 4.74 Å². The first kappa shape index (κ1) is 8.37. The van der Waals surface area contributed by atoms with E-state index in [0.29, 0.717) is 6.61 Å². The highest BCUT2D eigenvalue weighted by atomic mass is 16.5. The highest BCUT2D eigenvalue weighted by molar-refractivity contribution is 5.95. The minimum absolute atomic E-state index is 0.580. The summed E-state index contributed by atoms with van der Waals surface area (Å²) in [6.07, 6.45) is 1.70. The number of ether oxygens (including phenoxy) is 1. The molecule has 0 atom stereocenters. The maximum Gasteiger partial charge on any atom is 0.0882 e. The summed E-state index contributed by atoms with van der Waals surface area (Å²) in [4.78, 5) is 3.92. The molecule has 0 aliphatic rings. The fraction of sp³-hybridized carbons (Fsp3) is 0.571. The normalized spacial score (nSPS) is 11.6. The van der Waals surface area contributed by atoms with Gasteiger partial charge in [0.25, 0.3) is 0 Å². The Morgan fingerprint density at radius 1 is 1.78 bits per heavy atom. The molecular weight excluding hydrogens is 114 g/mol. The van der Waals surface area contributed by atoms with Gasteiger partial charge in [0.15, 0.2) is 0 Å². The van der Waals surface area contributed by atoms with E-state index in [9.17, 15) is 0 Å². The highest BCUT2D eigenvalue weighted by Crippen LogP contribution is 1.80. The molecule has 0 N–H and O–H groups in total. The van der Waals surface area contributed by atoms with Crippen LogP contribution in [0.3, 0.4) is 0 Å². The van der Waals surface area contributed by atoms with Gasteiger partial charge in [-0.15, -0.1) is 0 Å². The van der Waals surface area contributed by atoms with E-state index in [4.69, 9.17) is 4.74 Å². The maximum atomic E-state index is 5.08. The Morgan fingerprint density at radius 2 is 2.44 bits per heavy atom. The van der Waals surface area contributed by atoms with Gasteiger partial charge in [0.2, 0.25) is 0 Å². The molecule has 0 heterocycles. The van der Waals surface area contributed by atoms with Gasteiger partial charge in [-0.25, -0.2) is 0 Å². The molecule has 0 fully saturated rings. The first-order chi connectivity index (χ1) is 4.35. The van der Waals surface area contributed by atoms with Crippen molar-refractivity contribution in [3.63, 3.8) is 0 Å². The van der Waals surface area contributed by atoms with Crippen LogP contribution in [-0.4, -0.2) is 26.0 Å². The molecule has 0 aromatic carbocycles. The number of aliphatic imine (C=N–C) groups is 1. The van der Waals surface area contributed by atoms with Crippen LogP contribution in [0.5, 0.6) is 0 Å². The van der Waals surface area contributed by atoms with Crippen LogP contribution in [0.2, 0.25) is 0 Å². The lowest BCUT2D eigenvalue weighted by Gasteiger charge is -1.97. The molecule has 0 rings (SSSR count). The minimum atomic E-state index is 0.580. The molecule has 0 spiro atoms. The monoisotopic (exact) mass is 127 g/mol. The average Bonchev–Trinajstić information content (AvgIpc) is 1.91. The van der Waals surface area contributed by atoms with Crippen LogP contribution >= 0.6 is 0 Å². The zero-order chi connectivity index (χ0) is 7.11. The Hall–Kier alpha value is -0.630. The van der Waals surface area contributed by atoms with Gasteiger partial charge in [0.1, 0.15) is 0 Å². The van der Waals surface area contributed by atoms with Crippen molar-refractivity contribution in [3.05, 3.63) is 12.7 Å². The molecule has 9 heavy (non-hydrogen) atoms. The molecule has 0 aliphatic heterocycles. The van der Waals surface area contributed by atoms with Gasteiger partial charge in [0, 0.05) is 13.7 Å². The summed E-state index contributed by atoms with van der Waals surface area (Å²) in [6, 6.07) is 0. The topological polar surface area (TPSA) is 21.6 Å². The van der Waals surface area contributed by atoms with E-state index < -0.39 is 0 Å². The number of hydrogen-bond donors (Lipinski definition) is 0. The Morgan fingerprint density at radius 3 is 2.78 bits per heavy atom. The number of nitrogens with zero attached hydrogens (tertiary/aromatic N) is 1. The lowest BCUT2D eigenvalue weighted by atomic mass is 10.4. The summed E-state index contributed by atoms with van der Waals surface area (Å²) in [7, 11) is 1.73. The quantitative estimate of drug-likeness (QED) is 0.521. The molecule has 2 nitrogen and oxygen atoms in total. The van der Waals surface area contributed by atoms with Gasteiger partial charge in [0.05, 0.1) is 12.3 Å². The molecule has 0 saturated heterocycles. The summed E-state index contributed by atoms with van der Waals surface area (Å²) in [6.45, 7) is 6.84. The highest BCUT2D eigenvalue weighted by Gasteiger charge is 1.88. The Labute approximate surface area is 56.2 Å². The SMILES string of the molecule is C=CC(COCC)=NC. The maximum absolute atomic E-state index is 5.08. The molecule has 0 saturated carbocycles. The van der Waals surface area contributed by atoms with Gasteiger partial charge >= 0.3 is 0 Å². The van der Waals surface area contributed by atoms with Crippen LogP contribution in [0.25, 0.3) is 0 Å². The van der Waals surface area contributed by atoms with E-state index in [1.54, 1.807) is 13.1 Å². The summed E-state index contributed by atoms with van der Waals surface area (Å²) in [5, 5.41) is 0. The molecule has 0 aliphatic carbocycles. The van der Waals surface area contributed by atoms with E-state index in [0.717, 1.165) is 12.3 Å². The number of rotatable bonds is 4. The van der Waals surface area contributed by atoms with Crippen molar-refractivity contribution in [1.29, 1.82) is 0 Å². The average molecular weight is 127 g/mol. The van der Waals surface area contributed by atoms with Gasteiger partial charge in [-0.3, -0.25) is 4.99 Å². The molecule has 0 radical (unpaired) electrons. The lowest BCUT2D eigenvalue weighted by Crippen LogP contribution is -2.04. The first-order valence-corrected chi connectivity index (χ1v) is 3.01. The third-order valence-corrected chi connectivity index (χ3v) is 0.977. The third-order valence-electron chi connectivity index (χ3n) is 0.977. The summed E-state index contributed by atoms with van der Waals surface area (Å²) in [5.74, 6) is 0. The fourth-order valence-corrected chi connectivity index (χ4v) is 0.421. The largest absolute Gasteiger partial charge is 0.375 e. The van der Waals surface area contributed by atoms with Crippen LogP contribution < -0.4 is 0 Å². The Kier molecular flexibility index (Phi) is 5.12. The molecule has 0 aromatic rings. The first-order valence-electron chi connectivity index (χ1n) is 3.01. The van der Waals surface area contributed by atoms with Crippen molar-refractivity contribution >= 4 is 5.71 Å². The minimum Gasteiger partial charge on any atom is -0.375 e. The van der Waals surface area contributed by atoms with Crippen molar-refractivity contribution in [2.75, 3.05) is 20.3 Å². The molecule has 0 aromatic heterocycles. The van der Waals surface area contributed by atoms with Crippen molar-refractivity contribution in [3.8, 4) is 0 Å². The van der Waals surface area contributed by atoms with Gasteiger partial charge in [-0.2, -0.15) is 0 Å². The van der Waals surface area contributed by atoms with Crippen molar-refractivity contribution in [2.45, 2.75) is 6.92 Å². The molecule has 2 heteroatoms. The van der Waals surface area contributed by atoms with Crippen LogP contribution in [0.15, 0.2) is 17.6 Å². The standard InChI is InChI=1S/C7H13NO/c1-4-7(8-3)6-9-5-2/h4H,1,5-6H2,2-3H3. The second-order valence-corrected chi connectivity index (χ2v) is 1.56. The molecule has 0 unspecified atom stereocenters. The second kappa shape index (κ2) is 5.51. The second-order valence-electron chi connectivity index (χ2n) is 1.56. The third kappa shape index (κ3) is 3.91. The smallest absolute Gasteiger partial charge is 0.0882 e. The summed E-state index contributed by atoms with van der Waals surface area (Å²) >= 11 is 0. The lowest BCUT2D eigenvalue weighted by molar-refractivity contribution is 0.188. The fourth-order valence-electron chi connectivity index (χ4n) is 0.421. The zero-order valence-corrected chi connectivity index (χ0v) is 6.05. The zero-order valence-electron chi connectivity index (χ0n) is 6.05. The van der Waals surface area contributed by atoms with E-state index in [1.165, 1.54) is 0 Å². The molecule has 0 bridgehead atoms. The van der Waals surface area contributed by atoms with Crippen LogP contribution in [0.1, 0.15) is 6.92 Å². The van der Waals surface area contributed by atoms with Gasteiger partial charge in [-0.05, 0) is 13.0 Å². The molecule has 52 valence electrons. The van der Waals surface area contributed by atoms with Crippen molar-refractivity contribution < 1.29 is 4.74 Å². The predicted octanol–water partition coefficient (Wildman–Crippen LogP) is 1.28. The molecule has 0 amide bonds. The van der Waals surface area contributed by atoms with Gasteiger partial charge in [-0.1, -0.05) is 6.58 Å². The van der Waals surface area contributed by atoms with E-state index in [2.05, 4.69) is 11.6 Å². The Balaban J connectivity index is 3.45. The van der Waals surface area contributed by atoms with Crippen molar-refractivity contribution in [1.82, 2.24) is 0 Å². The summed E-state index contributed by atoms with van der Waals surface area (Å²) in [5.41, 5.74) is 0.900. The Bertz CT molecular complexity index is 107. The van der Waals surface area contributed by atoms with E-state index in [1.807, 2.05) is 6.92 Å².